The van der Waals surface area contributed by atoms with Gasteiger partial charge in [0.2, 0.25) is 0 Å². The zero-order chi connectivity index (χ0) is 21.0. The molecule has 1 amide bonds. The summed E-state index contributed by atoms with van der Waals surface area (Å²) in [5.74, 6) is -0.904. The molecule has 3 rings (SSSR count). The molecule has 0 bridgehead atoms. The summed E-state index contributed by atoms with van der Waals surface area (Å²) >= 11 is 0. The van der Waals surface area contributed by atoms with Gasteiger partial charge in [-0.2, -0.15) is 5.26 Å². The van der Waals surface area contributed by atoms with Crippen molar-refractivity contribution in [1.82, 2.24) is 9.72 Å². The van der Waals surface area contributed by atoms with Gasteiger partial charge in [-0.25, -0.2) is 0 Å². The van der Waals surface area contributed by atoms with Gasteiger partial charge in [0.05, 0.1) is 11.1 Å². The van der Waals surface area contributed by atoms with Crippen molar-refractivity contribution in [2.24, 2.45) is 0 Å². The van der Waals surface area contributed by atoms with Crippen LogP contribution in [0.3, 0.4) is 0 Å². The van der Waals surface area contributed by atoms with Gasteiger partial charge in [-0.15, -0.1) is 0 Å². The number of rotatable bonds is 5. The minimum atomic E-state index is -0.566. The summed E-state index contributed by atoms with van der Waals surface area (Å²) in [7, 11) is 0. The molecule has 6 nitrogen and oxygen atoms in total. The molecule has 0 atom stereocenters. The van der Waals surface area contributed by atoms with E-state index in [2.05, 4.69) is 32.2 Å². The van der Waals surface area contributed by atoms with Crippen LogP contribution in [0.2, 0.25) is 0 Å². The van der Waals surface area contributed by atoms with Crippen LogP contribution in [-0.4, -0.2) is 22.8 Å². The minimum Gasteiger partial charge on any atom is -0.459 e. The molecule has 2 aromatic heterocycles. The van der Waals surface area contributed by atoms with Gasteiger partial charge in [-0.05, 0) is 35.2 Å². The number of carbonyl (C=O) groups excluding carboxylic acids is 2. The Morgan fingerprint density at radius 2 is 1.86 bits per heavy atom. The van der Waals surface area contributed by atoms with E-state index in [1.165, 1.54) is 0 Å². The van der Waals surface area contributed by atoms with Crippen molar-refractivity contribution in [3.63, 3.8) is 0 Å². The lowest BCUT2D eigenvalue weighted by molar-refractivity contribution is -0.143. The van der Waals surface area contributed by atoms with Crippen LogP contribution in [0, 0.1) is 11.3 Å². The smallest absolute Gasteiger partial charge is 0.325 e. The van der Waals surface area contributed by atoms with E-state index in [9.17, 15) is 14.9 Å². The first-order chi connectivity index (χ1) is 13.8. The lowest BCUT2D eigenvalue weighted by Crippen LogP contribution is -2.30. The molecule has 0 fully saturated rings. The molecule has 0 saturated carbocycles. The topological polar surface area (TPSA) is 83.6 Å². The maximum atomic E-state index is 12.2. The molecule has 2 heterocycles. The van der Waals surface area contributed by atoms with Crippen molar-refractivity contribution in [2.45, 2.75) is 32.8 Å². The average Bonchev–Trinajstić information content (AvgIpc) is 3.07. The van der Waals surface area contributed by atoms with Gasteiger partial charge in [0.15, 0.2) is 0 Å². The average molecular weight is 389 g/mol. The highest BCUT2D eigenvalue weighted by Gasteiger charge is 2.16. The van der Waals surface area contributed by atoms with Gasteiger partial charge in [0, 0.05) is 23.5 Å². The number of pyridine rings is 1. The van der Waals surface area contributed by atoms with E-state index >= 15 is 0 Å². The number of benzene rings is 1. The van der Waals surface area contributed by atoms with E-state index in [0.29, 0.717) is 16.7 Å². The SMILES string of the molecule is CC(C)(C)c1ccc(C(=O)NCC(=O)OCc2cn3ccccc3c2C#N)cc1. The molecule has 0 aliphatic rings. The lowest BCUT2D eigenvalue weighted by Gasteiger charge is -2.19. The molecule has 29 heavy (non-hydrogen) atoms. The Labute approximate surface area is 169 Å². The van der Waals surface area contributed by atoms with Crippen molar-refractivity contribution in [2.75, 3.05) is 6.54 Å². The van der Waals surface area contributed by atoms with E-state index < -0.39 is 5.97 Å². The van der Waals surface area contributed by atoms with Crippen LogP contribution in [0.15, 0.2) is 54.9 Å². The number of hydrogen-bond donors (Lipinski definition) is 1. The molecule has 148 valence electrons. The minimum absolute atomic E-state index is 0.00494. The van der Waals surface area contributed by atoms with Crippen molar-refractivity contribution < 1.29 is 14.3 Å². The van der Waals surface area contributed by atoms with Crippen LogP contribution >= 0.6 is 0 Å². The van der Waals surface area contributed by atoms with Gasteiger partial charge in [-0.1, -0.05) is 39.0 Å². The highest BCUT2D eigenvalue weighted by molar-refractivity contribution is 5.95. The molecule has 0 unspecified atom stereocenters. The summed E-state index contributed by atoms with van der Waals surface area (Å²) < 4.78 is 7.04. The fraction of sp³-hybridized carbons (Fsp3) is 0.261. The Balaban J connectivity index is 1.55. The van der Waals surface area contributed by atoms with E-state index in [4.69, 9.17) is 4.74 Å². The van der Waals surface area contributed by atoms with Crippen molar-refractivity contribution >= 4 is 17.4 Å². The zero-order valence-corrected chi connectivity index (χ0v) is 16.7. The number of amides is 1. The zero-order valence-electron chi connectivity index (χ0n) is 16.7. The number of nitrogens with one attached hydrogen (secondary N) is 1. The molecule has 3 aromatic rings. The Morgan fingerprint density at radius 3 is 2.52 bits per heavy atom. The molecule has 1 aromatic carbocycles. The summed E-state index contributed by atoms with van der Waals surface area (Å²) in [4.78, 5) is 24.3. The normalized spacial score (nSPS) is 11.1. The second-order valence-corrected chi connectivity index (χ2v) is 7.81. The number of hydrogen-bond acceptors (Lipinski definition) is 4. The van der Waals surface area contributed by atoms with Gasteiger partial charge >= 0.3 is 5.97 Å². The number of aromatic nitrogens is 1. The summed E-state index contributed by atoms with van der Waals surface area (Å²) in [6.45, 7) is 6.03. The van der Waals surface area contributed by atoms with Gasteiger partial charge in [0.1, 0.15) is 19.2 Å². The highest BCUT2D eigenvalue weighted by Crippen LogP contribution is 2.22. The van der Waals surface area contributed by atoms with Crippen LogP contribution in [0.5, 0.6) is 0 Å². The predicted octanol–water partition coefficient (Wildman–Crippen LogP) is 3.58. The van der Waals surface area contributed by atoms with Crippen molar-refractivity contribution in [3.8, 4) is 6.07 Å². The second-order valence-electron chi connectivity index (χ2n) is 7.81. The van der Waals surface area contributed by atoms with Crippen LogP contribution in [0.25, 0.3) is 5.52 Å². The number of nitriles is 1. The Hall–Kier alpha value is -3.59. The van der Waals surface area contributed by atoms with E-state index in [1.54, 1.807) is 18.3 Å². The van der Waals surface area contributed by atoms with Gasteiger partial charge in [-0.3, -0.25) is 9.59 Å². The largest absolute Gasteiger partial charge is 0.459 e. The molecular formula is C23H23N3O3. The first-order valence-corrected chi connectivity index (χ1v) is 9.32. The summed E-state index contributed by atoms with van der Waals surface area (Å²) in [5.41, 5.74) is 3.47. The van der Waals surface area contributed by atoms with Crippen molar-refractivity contribution in [1.29, 1.82) is 5.26 Å². The molecule has 0 radical (unpaired) electrons. The molecule has 0 aliphatic carbocycles. The molecule has 1 N–H and O–H groups in total. The summed E-state index contributed by atoms with van der Waals surface area (Å²) in [5, 5.41) is 11.9. The first-order valence-electron chi connectivity index (χ1n) is 9.32. The fourth-order valence-corrected chi connectivity index (χ4v) is 3.00. The number of carbonyl (C=O) groups is 2. The number of fused-ring (bicyclic) bond motifs is 1. The molecule has 0 saturated heterocycles. The lowest BCUT2D eigenvalue weighted by atomic mass is 9.87. The highest BCUT2D eigenvalue weighted by atomic mass is 16.5. The summed E-state index contributed by atoms with van der Waals surface area (Å²) in [6.07, 6.45) is 3.59. The van der Waals surface area contributed by atoms with Crippen LogP contribution in [0.1, 0.15) is 47.8 Å². The third-order valence-electron chi connectivity index (χ3n) is 4.67. The van der Waals surface area contributed by atoms with Crippen LogP contribution < -0.4 is 5.32 Å². The van der Waals surface area contributed by atoms with E-state index in [0.717, 1.165) is 11.1 Å². The number of nitrogens with zero attached hydrogens (tertiary/aromatic N) is 2. The first kappa shape index (κ1) is 20.2. The third kappa shape index (κ3) is 4.64. The fourth-order valence-electron chi connectivity index (χ4n) is 3.00. The number of esters is 1. The second kappa shape index (κ2) is 8.19. The van der Waals surface area contributed by atoms with Gasteiger partial charge < -0.3 is 14.5 Å². The number of ether oxygens (including phenoxy) is 1. The molecule has 0 aliphatic heterocycles. The maximum Gasteiger partial charge on any atom is 0.325 e. The molecule has 6 heteroatoms. The maximum absolute atomic E-state index is 12.2. The van der Waals surface area contributed by atoms with E-state index in [-0.39, 0.29) is 24.5 Å². The Kier molecular flexibility index (Phi) is 5.69. The quantitative estimate of drug-likeness (QED) is 0.676. The van der Waals surface area contributed by atoms with Crippen LogP contribution in [-0.2, 0) is 21.6 Å². The molecular weight excluding hydrogens is 366 g/mol. The third-order valence-corrected chi connectivity index (χ3v) is 4.67. The Morgan fingerprint density at radius 1 is 1.14 bits per heavy atom. The predicted molar refractivity (Wildman–Crippen MR) is 109 cm³/mol. The van der Waals surface area contributed by atoms with Crippen LogP contribution in [0.4, 0.5) is 0 Å². The Bertz CT molecular complexity index is 1080. The monoisotopic (exact) mass is 389 g/mol. The standard InChI is InChI=1S/C23H23N3O3/c1-23(2,3)18-9-7-16(8-10-18)22(28)25-13-21(27)29-15-17-14-26-11-5-4-6-20(26)19(17)12-24/h4-11,14H,13,15H2,1-3H3,(H,25,28). The van der Waals surface area contributed by atoms with Gasteiger partial charge in [0.25, 0.3) is 5.91 Å². The summed E-state index contributed by atoms with van der Waals surface area (Å²) in [6, 6.07) is 15.0. The van der Waals surface area contributed by atoms with Crippen molar-refractivity contribution in [3.05, 3.63) is 77.1 Å². The van der Waals surface area contributed by atoms with E-state index in [1.807, 2.05) is 40.9 Å². The molecule has 0 spiro atoms.